The lowest BCUT2D eigenvalue weighted by molar-refractivity contribution is 0.103. The van der Waals surface area contributed by atoms with Crippen LogP contribution in [-0.4, -0.2) is 19.2 Å². The van der Waals surface area contributed by atoms with Gasteiger partial charge in [0.15, 0.2) is 5.78 Å². The number of hydrogen-bond donors (Lipinski definition) is 0. The van der Waals surface area contributed by atoms with Gasteiger partial charge in [0.2, 0.25) is 0 Å². The van der Waals surface area contributed by atoms with Crippen LogP contribution in [0, 0.1) is 0 Å². The van der Waals surface area contributed by atoms with E-state index >= 15 is 0 Å². The molecule has 0 heterocycles. The van der Waals surface area contributed by atoms with Crippen LogP contribution in [0.25, 0.3) is 0 Å². The minimum absolute atomic E-state index is 0.110. The fourth-order valence-electron chi connectivity index (χ4n) is 1.66. The van der Waals surface area contributed by atoms with Crippen molar-refractivity contribution >= 4 is 12.1 Å². The maximum Gasteiger partial charge on any atom is 0.193 e. The Morgan fingerprint density at radius 1 is 1.06 bits per heavy atom. The van der Waals surface area contributed by atoms with Gasteiger partial charge in [0.1, 0.15) is 12.0 Å². The summed E-state index contributed by atoms with van der Waals surface area (Å²) in [7, 11) is 1.57. The highest BCUT2D eigenvalue weighted by molar-refractivity contribution is 6.09. The average molecular weight is 240 g/mol. The topological polar surface area (TPSA) is 43.4 Å². The molecule has 0 unspecified atom stereocenters. The first kappa shape index (κ1) is 12.0. The second-order valence-electron chi connectivity index (χ2n) is 3.80. The van der Waals surface area contributed by atoms with E-state index in [9.17, 15) is 9.59 Å². The fraction of sp³-hybridized carbons (Fsp3) is 0.0667. The van der Waals surface area contributed by atoms with Gasteiger partial charge in [0.25, 0.3) is 0 Å². The summed E-state index contributed by atoms with van der Waals surface area (Å²) in [6.45, 7) is 0. The van der Waals surface area contributed by atoms with E-state index in [1.165, 1.54) is 0 Å². The molecule has 0 aliphatic rings. The number of aldehydes is 1. The Hall–Kier alpha value is -2.42. The molecule has 0 fully saturated rings. The summed E-state index contributed by atoms with van der Waals surface area (Å²) in [5, 5.41) is 0. The summed E-state index contributed by atoms with van der Waals surface area (Å²) in [5.41, 5.74) is 1.57. The Bertz CT molecular complexity index is 571. The first-order valence-corrected chi connectivity index (χ1v) is 5.48. The molecule has 0 saturated carbocycles. The summed E-state index contributed by atoms with van der Waals surface area (Å²) < 4.78 is 5.03. The van der Waals surface area contributed by atoms with Crippen LogP contribution in [0.2, 0.25) is 0 Å². The molecule has 18 heavy (non-hydrogen) atoms. The summed E-state index contributed by atoms with van der Waals surface area (Å²) in [6.07, 6.45) is 0.727. The van der Waals surface area contributed by atoms with Crippen molar-refractivity contribution in [1.82, 2.24) is 0 Å². The van der Waals surface area contributed by atoms with Gasteiger partial charge in [-0.3, -0.25) is 9.59 Å². The van der Waals surface area contributed by atoms with Crippen LogP contribution in [0.5, 0.6) is 5.75 Å². The zero-order chi connectivity index (χ0) is 13.0. The van der Waals surface area contributed by atoms with Crippen molar-refractivity contribution in [3.05, 3.63) is 65.2 Å². The van der Waals surface area contributed by atoms with Gasteiger partial charge in [-0.25, -0.2) is 0 Å². The van der Waals surface area contributed by atoms with E-state index in [4.69, 9.17) is 4.74 Å². The fourth-order valence-corrected chi connectivity index (χ4v) is 1.66. The van der Waals surface area contributed by atoms with Gasteiger partial charge >= 0.3 is 0 Å². The number of ketones is 1. The number of hydrogen-bond acceptors (Lipinski definition) is 3. The van der Waals surface area contributed by atoms with Crippen LogP contribution in [0.15, 0.2) is 48.5 Å². The number of carbonyl (C=O) groups excluding carboxylic acids is 2. The molecule has 3 nitrogen and oxygen atoms in total. The molecule has 0 aromatic heterocycles. The molecule has 0 aliphatic heterocycles. The molecule has 2 aromatic carbocycles. The predicted molar refractivity (Wildman–Crippen MR) is 68.3 cm³/mol. The highest BCUT2D eigenvalue weighted by Gasteiger charge is 2.09. The lowest BCUT2D eigenvalue weighted by Crippen LogP contribution is -2.01. The molecule has 0 radical (unpaired) electrons. The number of ether oxygens (including phenoxy) is 1. The largest absolute Gasteiger partial charge is 0.497 e. The van der Waals surface area contributed by atoms with Crippen LogP contribution < -0.4 is 4.74 Å². The van der Waals surface area contributed by atoms with Crippen LogP contribution >= 0.6 is 0 Å². The minimum atomic E-state index is -0.110. The van der Waals surface area contributed by atoms with Gasteiger partial charge in [-0.2, -0.15) is 0 Å². The highest BCUT2D eigenvalue weighted by atomic mass is 16.5. The lowest BCUT2D eigenvalue weighted by atomic mass is 10.0. The number of benzene rings is 2. The number of rotatable bonds is 4. The SMILES string of the molecule is COc1ccc(C(=O)c2cccc(C=O)c2)cc1. The molecule has 90 valence electrons. The van der Waals surface area contributed by atoms with Gasteiger partial charge in [0.05, 0.1) is 7.11 Å². The third kappa shape index (κ3) is 2.46. The van der Waals surface area contributed by atoms with Crippen LogP contribution in [0.3, 0.4) is 0 Å². The first-order valence-electron chi connectivity index (χ1n) is 5.48. The molecular formula is C15H12O3. The van der Waals surface area contributed by atoms with E-state index < -0.39 is 0 Å². The van der Waals surface area contributed by atoms with Crippen LogP contribution in [0.1, 0.15) is 26.3 Å². The van der Waals surface area contributed by atoms with Crippen molar-refractivity contribution in [1.29, 1.82) is 0 Å². The molecule has 0 aliphatic carbocycles. The molecule has 0 bridgehead atoms. The summed E-state index contributed by atoms with van der Waals surface area (Å²) in [6, 6.07) is 13.5. The monoisotopic (exact) mass is 240 g/mol. The van der Waals surface area contributed by atoms with Crippen molar-refractivity contribution in [3.63, 3.8) is 0 Å². The van der Waals surface area contributed by atoms with Gasteiger partial charge in [0, 0.05) is 16.7 Å². The quantitative estimate of drug-likeness (QED) is 0.609. The highest BCUT2D eigenvalue weighted by Crippen LogP contribution is 2.15. The molecule has 0 N–H and O–H groups in total. The van der Waals surface area contributed by atoms with E-state index in [1.807, 2.05) is 0 Å². The van der Waals surface area contributed by atoms with Crippen molar-refractivity contribution in [3.8, 4) is 5.75 Å². The minimum Gasteiger partial charge on any atom is -0.497 e. The third-order valence-corrected chi connectivity index (χ3v) is 2.64. The Kier molecular flexibility index (Phi) is 3.53. The molecule has 2 rings (SSSR count). The van der Waals surface area contributed by atoms with Crippen LogP contribution in [0.4, 0.5) is 0 Å². The molecule has 0 spiro atoms. The third-order valence-electron chi connectivity index (χ3n) is 2.64. The second kappa shape index (κ2) is 5.27. The standard InChI is InChI=1S/C15H12O3/c1-18-14-7-5-12(6-8-14)15(17)13-4-2-3-11(9-13)10-16/h2-10H,1H3. The molecule has 0 saturated heterocycles. The molecule has 3 heteroatoms. The molecule has 2 aromatic rings. The summed E-state index contributed by atoms with van der Waals surface area (Å²) >= 11 is 0. The van der Waals surface area contributed by atoms with Crippen molar-refractivity contribution < 1.29 is 14.3 Å². The Balaban J connectivity index is 2.31. The van der Waals surface area contributed by atoms with E-state index in [-0.39, 0.29) is 5.78 Å². The normalized spacial score (nSPS) is 9.83. The van der Waals surface area contributed by atoms with Gasteiger partial charge in [-0.15, -0.1) is 0 Å². The van der Waals surface area contributed by atoms with Crippen LogP contribution in [-0.2, 0) is 0 Å². The van der Waals surface area contributed by atoms with Crippen molar-refractivity contribution in [2.24, 2.45) is 0 Å². The maximum absolute atomic E-state index is 12.2. The Labute approximate surface area is 105 Å². The summed E-state index contributed by atoms with van der Waals surface area (Å²) in [5.74, 6) is 0.592. The lowest BCUT2D eigenvalue weighted by Gasteiger charge is -2.03. The first-order chi connectivity index (χ1) is 8.74. The van der Waals surface area contributed by atoms with E-state index in [0.717, 1.165) is 6.29 Å². The second-order valence-corrected chi connectivity index (χ2v) is 3.80. The number of carbonyl (C=O) groups is 2. The summed E-state index contributed by atoms with van der Waals surface area (Å²) in [4.78, 5) is 22.8. The van der Waals surface area contributed by atoms with Gasteiger partial charge < -0.3 is 4.74 Å². The van der Waals surface area contributed by atoms with E-state index in [1.54, 1.807) is 55.6 Å². The van der Waals surface area contributed by atoms with Crippen molar-refractivity contribution in [2.75, 3.05) is 7.11 Å². The smallest absolute Gasteiger partial charge is 0.193 e. The van der Waals surface area contributed by atoms with E-state index in [0.29, 0.717) is 22.4 Å². The molecule has 0 atom stereocenters. The van der Waals surface area contributed by atoms with Gasteiger partial charge in [-0.05, 0) is 30.3 Å². The number of methoxy groups -OCH3 is 1. The Morgan fingerprint density at radius 2 is 1.78 bits per heavy atom. The average Bonchev–Trinajstić information content (AvgIpc) is 2.46. The predicted octanol–water partition coefficient (Wildman–Crippen LogP) is 2.74. The molecule has 0 amide bonds. The zero-order valence-electron chi connectivity index (χ0n) is 9.92. The molecular weight excluding hydrogens is 228 g/mol. The zero-order valence-corrected chi connectivity index (χ0v) is 9.92. The maximum atomic E-state index is 12.2. The van der Waals surface area contributed by atoms with Crippen molar-refractivity contribution in [2.45, 2.75) is 0 Å². The van der Waals surface area contributed by atoms with Gasteiger partial charge in [-0.1, -0.05) is 18.2 Å². The van der Waals surface area contributed by atoms with E-state index in [2.05, 4.69) is 0 Å². The Morgan fingerprint density at radius 3 is 2.39 bits per heavy atom.